The molecule has 0 saturated carbocycles. The molecule has 0 aromatic heterocycles. The standard InChI is InChI=1S/C24H12Cl6N2O4/c1-10(21(33)11-5-3-2-4-6-11)31(22(34)13-8-7-12(25)9-14(13)26)32-23(35)15-16(24(32)36)18(28)20(30)19(29)17(15)27/h2-10H,1H3/t10-/m0/s1. The van der Waals surface area contributed by atoms with Crippen molar-refractivity contribution in [2.45, 2.75) is 13.0 Å². The first-order chi connectivity index (χ1) is 17.0. The Morgan fingerprint density at radius 2 is 1.31 bits per heavy atom. The minimum atomic E-state index is -1.35. The molecule has 0 radical (unpaired) electrons. The van der Waals surface area contributed by atoms with Crippen LogP contribution in [-0.4, -0.2) is 39.6 Å². The summed E-state index contributed by atoms with van der Waals surface area (Å²) in [6.07, 6.45) is 0. The Bertz CT molecular complexity index is 1410. The fraction of sp³-hybridized carbons (Fsp3) is 0.0833. The summed E-state index contributed by atoms with van der Waals surface area (Å²) in [5.41, 5.74) is -0.566. The normalized spacial score (nSPS) is 13.6. The number of nitrogens with zero attached hydrogens (tertiary/aromatic N) is 2. The molecule has 0 fully saturated rings. The highest BCUT2D eigenvalue weighted by Gasteiger charge is 2.48. The van der Waals surface area contributed by atoms with Gasteiger partial charge in [0.05, 0.1) is 41.8 Å². The highest BCUT2D eigenvalue weighted by Crippen LogP contribution is 2.45. The molecule has 3 amide bonds. The van der Waals surface area contributed by atoms with Gasteiger partial charge in [-0.05, 0) is 25.1 Å². The van der Waals surface area contributed by atoms with Gasteiger partial charge in [-0.2, -0.15) is 5.01 Å². The van der Waals surface area contributed by atoms with Gasteiger partial charge in [0.2, 0.25) is 0 Å². The van der Waals surface area contributed by atoms with Crippen LogP contribution in [0.5, 0.6) is 0 Å². The van der Waals surface area contributed by atoms with Gasteiger partial charge in [-0.1, -0.05) is 99.9 Å². The third kappa shape index (κ3) is 4.36. The fourth-order valence-corrected chi connectivity index (χ4v) is 5.22. The van der Waals surface area contributed by atoms with Gasteiger partial charge in [0.25, 0.3) is 17.7 Å². The molecule has 1 aliphatic rings. The number of fused-ring (bicyclic) bond motifs is 1. The maximum absolute atomic E-state index is 13.8. The summed E-state index contributed by atoms with van der Waals surface area (Å²) in [6.45, 7) is 1.36. The highest BCUT2D eigenvalue weighted by molar-refractivity contribution is 6.55. The van der Waals surface area contributed by atoms with Crippen LogP contribution in [0.15, 0.2) is 48.5 Å². The fourth-order valence-electron chi connectivity index (χ4n) is 3.71. The maximum Gasteiger partial charge on any atom is 0.282 e. The van der Waals surface area contributed by atoms with Gasteiger partial charge >= 0.3 is 0 Å². The van der Waals surface area contributed by atoms with Crippen LogP contribution in [0.1, 0.15) is 48.4 Å². The summed E-state index contributed by atoms with van der Waals surface area (Å²) in [6, 6.07) is 10.7. The first kappa shape index (κ1) is 26.7. The Kier molecular flexibility index (Phi) is 7.58. The molecule has 3 aromatic rings. The molecule has 6 nitrogen and oxygen atoms in total. The number of rotatable bonds is 5. The lowest BCUT2D eigenvalue weighted by Crippen LogP contribution is -2.56. The van der Waals surface area contributed by atoms with Crippen LogP contribution in [0.2, 0.25) is 30.1 Å². The second-order valence-electron chi connectivity index (χ2n) is 7.61. The number of carbonyl (C=O) groups excluding carboxylic acids is 4. The Morgan fingerprint density at radius 1 is 0.778 bits per heavy atom. The number of halogens is 6. The lowest BCUT2D eigenvalue weighted by Gasteiger charge is -2.34. The quantitative estimate of drug-likeness (QED) is 0.131. The van der Waals surface area contributed by atoms with E-state index < -0.39 is 29.5 Å². The van der Waals surface area contributed by atoms with Crippen LogP contribution >= 0.6 is 69.6 Å². The molecule has 1 aliphatic heterocycles. The molecule has 0 N–H and O–H groups in total. The van der Waals surface area contributed by atoms with Crippen molar-refractivity contribution in [2.24, 2.45) is 0 Å². The largest absolute Gasteiger partial charge is 0.292 e. The lowest BCUT2D eigenvalue weighted by atomic mass is 10.0. The number of hydrogen-bond acceptors (Lipinski definition) is 4. The van der Waals surface area contributed by atoms with Crippen molar-refractivity contribution < 1.29 is 19.2 Å². The number of hydrazine groups is 1. The summed E-state index contributed by atoms with van der Waals surface area (Å²) < 4.78 is 0. The van der Waals surface area contributed by atoms with Crippen molar-refractivity contribution in [1.29, 1.82) is 0 Å². The van der Waals surface area contributed by atoms with Crippen LogP contribution in [-0.2, 0) is 0 Å². The third-order valence-corrected chi connectivity index (χ3v) is 7.82. The summed E-state index contributed by atoms with van der Waals surface area (Å²) in [7, 11) is 0. The van der Waals surface area contributed by atoms with Gasteiger partial charge in [0.15, 0.2) is 5.78 Å². The molecule has 0 saturated heterocycles. The van der Waals surface area contributed by atoms with Crippen molar-refractivity contribution in [3.05, 3.63) is 101 Å². The SMILES string of the molecule is C[C@@H](C(=O)c1ccccc1)N(C(=O)c1ccc(Cl)cc1Cl)N1C(=O)c2c(Cl)c(Cl)c(Cl)c(Cl)c2C1=O. The number of carbonyl (C=O) groups is 4. The Balaban J connectivity index is 1.90. The second-order valence-corrected chi connectivity index (χ2v) is 9.96. The molecule has 3 aromatic carbocycles. The number of benzene rings is 3. The van der Waals surface area contributed by atoms with Gasteiger partial charge < -0.3 is 0 Å². The first-order valence-electron chi connectivity index (χ1n) is 10.1. The van der Waals surface area contributed by atoms with E-state index >= 15 is 0 Å². The molecule has 36 heavy (non-hydrogen) atoms. The van der Waals surface area contributed by atoms with Gasteiger partial charge in [-0.3, -0.25) is 19.2 Å². The summed E-state index contributed by atoms with van der Waals surface area (Å²) in [5.74, 6) is -3.52. The highest BCUT2D eigenvalue weighted by atomic mass is 35.5. The minimum absolute atomic E-state index is 0.0596. The number of Topliss-reactive ketones (excluding diaryl/α,β-unsaturated/α-hetero) is 1. The Morgan fingerprint density at radius 3 is 1.81 bits per heavy atom. The number of hydrogen-bond donors (Lipinski definition) is 0. The molecule has 0 spiro atoms. The van der Waals surface area contributed by atoms with Crippen molar-refractivity contribution in [2.75, 3.05) is 0 Å². The Labute approximate surface area is 235 Å². The summed E-state index contributed by atoms with van der Waals surface area (Å²) in [5, 5.41) is 0.281. The molecule has 1 heterocycles. The van der Waals surface area contributed by atoms with Crippen molar-refractivity contribution in [3.63, 3.8) is 0 Å². The summed E-state index contributed by atoms with van der Waals surface area (Å²) in [4.78, 5) is 54.2. The van der Waals surface area contributed by atoms with Crippen LogP contribution in [0.25, 0.3) is 0 Å². The predicted molar refractivity (Wildman–Crippen MR) is 140 cm³/mol. The molecule has 4 rings (SSSR count). The molecular weight excluding hydrogens is 593 g/mol. The van der Waals surface area contributed by atoms with Crippen molar-refractivity contribution in [3.8, 4) is 0 Å². The van der Waals surface area contributed by atoms with E-state index in [1.165, 1.54) is 37.3 Å². The van der Waals surface area contributed by atoms with E-state index in [2.05, 4.69) is 0 Å². The molecule has 0 aliphatic carbocycles. The van der Waals surface area contributed by atoms with E-state index in [1.54, 1.807) is 18.2 Å². The number of ketones is 1. The zero-order valence-corrected chi connectivity index (χ0v) is 22.5. The van der Waals surface area contributed by atoms with Crippen LogP contribution in [0, 0.1) is 0 Å². The molecular formula is C24H12Cl6N2O4. The van der Waals surface area contributed by atoms with E-state index in [-0.39, 0.29) is 52.4 Å². The zero-order valence-electron chi connectivity index (χ0n) is 18.0. The summed E-state index contributed by atoms with van der Waals surface area (Å²) >= 11 is 36.9. The molecule has 0 bridgehead atoms. The predicted octanol–water partition coefficient (Wildman–Crippen LogP) is 7.53. The monoisotopic (exact) mass is 602 g/mol. The van der Waals surface area contributed by atoms with Crippen LogP contribution < -0.4 is 0 Å². The molecule has 12 heteroatoms. The van der Waals surface area contributed by atoms with E-state index in [0.717, 1.165) is 0 Å². The molecule has 184 valence electrons. The van der Waals surface area contributed by atoms with Crippen LogP contribution in [0.4, 0.5) is 0 Å². The molecule has 0 unspecified atom stereocenters. The van der Waals surface area contributed by atoms with Gasteiger partial charge in [0, 0.05) is 10.6 Å². The van der Waals surface area contributed by atoms with Crippen LogP contribution in [0.3, 0.4) is 0 Å². The van der Waals surface area contributed by atoms with Crippen molar-refractivity contribution in [1.82, 2.24) is 10.0 Å². The average molecular weight is 605 g/mol. The van der Waals surface area contributed by atoms with E-state index in [9.17, 15) is 19.2 Å². The van der Waals surface area contributed by atoms with Crippen molar-refractivity contribution >= 4 is 93.1 Å². The van der Waals surface area contributed by atoms with E-state index in [1.807, 2.05) is 0 Å². The lowest BCUT2D eigenvalue weighted by molar-refractivity contribution is -0.00679. The Hall–Kier alpha value is -2.32. The zero-order chi connectivity index (χ0) is 26.5. The maximum atomic E-state index is 13.8. The van der Waals surface area contributed by atoms with Gasteiger partial charge in [-0.15, -0.1) is 0 Å². The number of amides is 3. The third-order valence-electron chi connectivity index (χ3n) is 5.47. The van der Waals surface area contributed by atoms with E-state index in [0.29, 0.717) is 10.0 Å². The minimum Gasteiger partial charge on any atom is -0.292 e. The average Bonchev–Trinajstić information content (AvgIpc) is 3.11. The second kappa shape index (κ2) is 10.2. The topological polar surface area (TPSA) is 74.8 Å². The first-order valence-corrected chi connectivity index (χ1v) is 12.4. The smallest absolute Gasteiger partial charge is 0.282 e. The van der Waals surface area contributed by atoms with Gasteiger partial charge in [-0.25, -0.2) is 5.01 Å². The van der Waals surface area contributed by atoms with E-state index in [4.69, 9.17) is 69.6 Å². The van der Waals surface area contributed by atoms with Gasteiger partial charge in [0.1, 0.15) is 6.04 Å². The number of imide groups is 1. The molecule has 1 atom stereocenters.